The van der Waals surface area contributed by atoms with E-state index in [0.29, 0.717) is 0 Å². The maximum absolute atomic E-state index is 13.2. The summed E-state index contributed by atoms with van der Waals surface area (Å²) in [5.41, 5.74) is 2.89. The van der Waals surface area contributed by atoms with Crippen LogP contribution < -0.4 is 10.2 Å². The van der Waals surface area contributed by atoms with E-state index in [2.05, 4.69) is 10.3 Å². The highest BCUT2D eigenvalue weighted by molar-refractivity contribution is 7.22. The topological polar surface area (TPSA) is 28.2 Å². The number of aromatic nitrogens is 1. The van der Waals surface area contributed by atoms with Crippen LogP contribution in [0, 0.1) is 5.82 Å². The lowest BCUT2D eigenvalue weighted by atomic mass is 10.2. The van der Waals surface area contributed by atoms with Crippen LogP contribution in [-0.2, 0) is 0 Å². The zero-order valence-electron chi connectivity index (χ0n) is 11.2. The Hall–Kier alpha value is -2.14. The zero-order chi connectivity index (χ0) is 14.1. The van der Waals surface area contributed by atoms with E-state index in [1.165, 1.54) is 23.5 Å². The monoisotopic (exact) mass is 287 g/mol. The highest BCUT2D eigenvalue weighted by atomic mass is 32.1. The third kappa shape index (κ3) is 2.58. The molecule has 1 heterocycles. The first-order chi connectivity index (χ1) is 9.61. The van der Waals surface area contributed by atoms with Gasteiger partial charge in [-0.25, -0.2) is 9.37 Å². The molecule has 1 aromatic heterocycles. The van der Waals surface area contributed by atoms with Gasteiger partial charge in [0, 0.05) is 25.5 Å². The zero-order valence-corrected chi connectivity index (χ0v) is 12.0. The Balaban J connectivity index is 1.90. The van der Waals surface area contributed by atoms with Gasteiger partial charge in [-0.05, 0) is 36.4 Å². The van der Waals surface area contributed by atoms with E-state index in [0.717, 1.165) is 26.7 Å². The number of nitrogens with one attached hydrogen (secondary N) is 1. The van der Waals surface area contributed by atoms with Gasteiger partial charge in [0.25, 0.3) is 0 Å². The third-order valence-corrected chi connectivity index (χ3v) is 3.90. The normalized spacial score (nSPS) is 10.8. The van der Waals surface area contributed by atoms with Gasteiger partial charge >= 0.3 is 0 Å². The van der Waals surface area contributed by atoms with Crippen LogP contribution in [0.1, 0.15) is 0 Å². The van der Waals surface area contributed by atoms with Crippen molar-refractivity contribution in [3.05, 3.63) is 48.3 Å². The average Bonchev–Trinajstić information content (AvgIpc) is 2.80. The van der Waals surface area contributed by atoms with Gasteiger partial charge in [0.05, 0.1) is 10.2 Å². The molecule has 3 aromatic rings. The van der Waals surface area contributed by atoms with Crippen molar-refractivity contribution in [2.45, 2.75) is 0 Å². The number of thiazole rings is 1. The summed E-state index contributed by atoms with van der Waals surface area (Å²) < 4.78 is 14.0. The van der Waals surface area contributed by atoms with Gasteiger partial charge in [0.15, 0.2) is 5.13 Å². The largest absolute Gasteiger partial charge is 0.378 e. The van der Waals surface area contributed by atoms with Crippen LogP contribution in [0.3, 0.4) is 0 Å². The second-order valence-electron chi connectivity index (χ2n) is 4.70. The Kier molecular flexibility index (Phi) is 3.28. The molecule has 0 unspecified atom stereocenters. The highest BCUT2D eigenvalue weighted by Crippen LogP contribution is 2.29. The lowest BCUT2D eigenvalue weighted by Gasteiger charge is -2.13. The number of hydrogen-bond acceptors (Lipinski definition) is 4. The van der Waals surface area contributed by atoms with Crippen LogP contribution in [-0.4, -0.2) is 19.1 Å². The quantitative estimate of drug-likeness (QED) is 0.780. The van der Waals surface area contributed by atoms with Crippen LogP contribution in [0.4, 0.5) is 20.9 Å². The molecule has 3 nitrogen and oxygen atoms in total. The minimum atomic E-state index is -0.234. The van der Waals surface area contributed by atoms with Gasteiger partial charge < -0.3 is 10.2 Å². The summed E-state index contributed by atoms with van der Waals surface area (Å²) in [7, 11) is 4.00. The summed E-state index contributed by atoms with van der Waals surface area (Å²) in [5.74, 6) is -0.234. The maximum Gasteiger partial charge on any atom is 0.188 e. The van der Waals surface area contributed by atoms with E-state index < -0.39 is 0 Å². The Morgan fingerprint density at radius 3 is 2.80 bits per heavy atom. The van der Waals surface area contributed by atoms with Gasteiger partial charge in [-0.3, -0.25) is 0 Å². The number of benzene rings is 2. The molecule has 1 N–H and O–H groups in total. The minimum absolute atomic E-state index is 0.234. The molecule has 0 aliphatic heterocycles. The van der Waals surface area contributed by atoms with Gasteiger partial charge in [0.1, 0.15) is 5.82 Å². The van der Waals surface area contributed by atoms with Crippen LogP contribution in [0.2, 0.25) is 0 Å². The van der Waals surface area contributed by atoms with Gasteiger partial charge in [-0.1, -0.05) is 17.4 Å². The molecule has 0 atom stereocenters. The number of fused-ring (bicyclic) bond motifs is 1. The molecule has 102 valence electrons. The molecule has 20 heavy (non-hydrogen) atoms. The molecule has 0 aliphatic carbocycles. The van der Waals surface area contributed by atoms with Crippen molar-refractivity contribution < 1.29 is 4.39 Å². The van der Waals surface area contributed by atoms with E-state index in [4.69, 9.17) is 0 Å². The minimum Gasteiger partial charge on any atom is -0.378 e. The molecule has 2 aromatic carbocycles. The van der Waals surface area contributed by atoms with E-state index in [9.17, 15) is 4.39 Å². The second-order valence-corrected chi connectivity index (χ2v) is 5.73. The standard InChI is InChI=1S/C15H14FN3S/c1-19(2)12-5-3-4-11(9-12)17-15-18-13-7-6-10(16)8-14(13)20-15/h3-9H,1-2H3,(H,17,18). The molecule has 0 radical (unpaired) electrons. The van der Waals surface area contributed by atoms with Crippen molar-refractivity contribution >= 4 is 38.1 Å². The number of nitrogens with zero attached hydrogens (tertiary/aromatic N) is 2. The Bertz CT molecular complexity index is 752. The smallest absolute Gasteiger partial charge is 0.188 e. The predicted octanol–water partition coefficient (Wildman–Crippen LogP) is 4.25. The molecule has 5 heteroatoms. The fraction of sp³-hybridized carbons (Fsp3) is 0.133. The molecular weight excluding hydrogens is 273 g/mol. The molecule has 0 saturated carbocycles. The van der Waals surface area contributed by atoms with Gasteiger partial charge in [0.2, 0.25) is 0 Å². The Labute approximate surface area is 120 Å². The van der Waals surface area contributed by atoms with Crippen molar-refractivity contribution in [2.24, 2.45) is 0 Å². The maximum atomic E-state index is 13.2. The van der Waals surface area contributed by atoms with Crippen molar-refractivity contribution in [2.75, 3.05) is 24.3 Å². The summed E-state index contributed by atoms with van der Waals surface area (Å²) >= 11 is 1.44. The molecule has 0 saturated heterocycles. The van der Waals surface area contributed by atoms with Gasteiger partial charge in [-0.2, -0.15) is 0 Å². The summed E-state index contributed by atoms with van der Waals surface area (Å²) in [6.45, 7) is 0. The molecule has 0 amide bonds. The van der Waals surface area contributed by atoms with Crippen LogP contribution in [0.15, 0.2) is 42.5 Å². The molecule has 0 spiro atoms. The molecule has 0 bridgehead atoms. The first kappa shape index (κ1) is 12.9. The fourth-order valence-corrected chi connectivity index (χ4v) is 2.85. The third-order valence-electron chi connectivity index (χ3n) is 2.96. The average molecular weight is 287 g/mol. The predicted molar refractivity (Wildman–Crippen MR) is 83.6 cm³/mol. The Morgan fingerprint density at radius 2 is 2.00 bits per heavy atom. The first-order valence-corrected chi connectivity index (χ1v) is 7.04. The lowest BCUT2D eigenvalue weighted by molar-refractivity contribution is 0.630. The molecule has 0 aliphatic rings. The first-order valence-electron chi connectivity index (χ1n) is 6.22. The SMILES string of the molecule is CN(C)c1cccc(Nc2nc3ccc(F)cc3s2)c1. The molecule has 0 fully saturated rings. The van der Waals surface area contributed by atoms with Crippen molar-refractivity contribution in [1.82, 2.24) is 4.98 Å². The summed E-state index contributed by atoms with van der Waals surface area (Å²) in [5, 5.41) is 4.03. The van der Waals surface area contributed by atoms with E-state index in [-0.39, 0.29) is 5.82 Å². The van der Waals surface area contributed by atoms with E-state index >= 15 is 0 Å². The summed E-state index contributed by atoms with van der Waals surface area (Å²) in [6.07, 6.45) is 0. The molecule has 3 rings (SSSR count). The van der Waals surface area contributed by atoms with Crippen molar-refractivity contribution in [1.29, 1.82) is 0 Å². The van der Waals surface area contributed by atoms with Crippen LogP contribution >= 0.6 is 11.3 Å². The van der Waals surface area contributed by atoms with Crippen molar-refractivity contribution in [3.63, 3.8) is 0 Å². The molecular formula is C15H14FN3S. The summed E-state index contributed by atoms with van der Waals surface area (Å²) in [4.78, 5) is 6.49. The number of halogens is 1. The fourth-order valence-electron chi connectivity index (χ4n) is 1.94. The van der Waals surface area contributed by atoms with Gasteiger partial charge in [-0.15, -0.1) is 0 Å². The second kappa shape index (κ2) is 5.09. The number of hydrogen-bond donors (Lipinski definition) is 1. The summed E-state index contributed by atoms with van der Waals surface area (Å²) in [6, 6.07) is 12.7. The number of anilines is 3. The Morgan fingerprint density at radius 1 is 1.15 bits per heavy atom. The van der Waals surface area contributed by atoms with E-state index in [1.807, 2.05) is 43.3 Å². The lowest BCUT2D eigenvalue weighted by Crippen LogP contribution is -2.08. The van der Waals surface area contributed by atoms with Crippen molar-refractivity contribution in [3.8, 4) is 0 Å². The van der Waals surface area contributed by atoms with Crippen LogP contribution in [0.5, 0.6) is 0 Å². The highest BCUT2D eigenvalue weighted by Gasteiger charge is 2.05. The number of rotatable bonds is 3. The van der Waals surface area contributed by atoms with E-state index in [1.54, 1.807) is 6.07 Å². The van der Waals surface area contributed by atoms with Crippen LogP contribution in [0.25, 0.3) is 10.2 Å².